The maximum atomic E-state index is 12.4. The number of hydrogen-bond donors (Lipinski definition) is 0. The van der Waals surface area contributed by atoms with E-state index in [0.29, 0.717) is 18.9 Å². The standard InChI is InChI=1S/C20H22N6O3/c1-14-12-15(2)26-20(21-14)22-18(23-26)19(28)29-13-17(27)25-10-8-24(9-11-25)16-6-4-3-5-7-16/h3-7,12H,8-11,13H2,1-2H3. The molecule has 0 saturated carbocycles. The van der Waals surface area contributed by atoms with E-state index in [1.165, 1.54) is 4.52 Å². The van der Waals surface area contributed by atoms with Crippen LogP contribution in [0.25, 0.3) is 5.78 Å². The Labute approximate surface area is 167 Å². The molecule has 0 aliphatic carbocycles. The Hall–Kier alpha value is -3.49. The van der Waals surface area contributed by atoms with Gasteiger partial charge in [0.2, 0.25) is 0 Å². The van der Waals surface area contributed by atoms with E-state index in [2.05, 4.69) is 32.1 Å². The third-order valence-corrected chi connectivity index (χ3v) is 4.88. The second-order valence-electron chi connectivity index (χ2n) is 6.97. The maximum Gasteiger partial charge on any atom is 0.378 e. The lowest BCUT2D eigenvalue weighted by molar-refractivity contribution is -0.134. The highest BCUT2D eigenvalue weighted by molar-refractivity contribution is 5.88. The minimum Gasteiger partial charge on any atom is -0.450 e. The number of piperazine rings is 1. The van der Waals surface area contributed by atoms with Crippen LogP contribution in [-0.2, 0) is 9.53 Å². The molecule has 1 aromatic carbocycles. The van der Waals surface area contributed by atoms with E-state index in [4.69, 9.17) is 4.74 Å². The van der Waals surface area contributed by atoms with Crippen molar-refractivity contribution in [3.63, 3.8) is 0 Å². The highest BCUT2D eigenvalue weighted by atomic mass is 16.5. The van der Waals surface area contributed by atoms with Crippen molar-refractivity contribution in [1.82, 2.24) is 24.5 Å². The minimum atomic E-state index is -0.733. The van der Waals surface area contributed by atoms with Crippen LogP contribution in [0.2, 0.25) is 0 Å². The van der Waals surface area contributed by atoms with Crippen molar-refractivity contribution in [3.05, 3.63) is 53.6 Å². The van der Waals surface area contributed by atoms with Crippen LogP contribution < -0.4 is 4.90 Å². The summed E-state index contributed by atoms with van der Waals surface area (Å²) in [6, 6.07) is 11.9. The topological polar surface area (TPSA) is 92.9 Å². The quantitative estimate of drug-likeness (QED) is 0.615. The van der Waals surface area contributed by atoms with Crippen molar-refractivity contribution in [2.75, 3.05) is 37.7 Å². The smallest absolute Gasteiger partial charge is 0.378 e. The second kappa shape index (κ2) is 7.86. The first-order valence-corrected chi connectivity index (χ1v) is 9.47. The molecule has 0 radical (unpaired) electrons. The fourth-order valence-corrected chi connectivity index (χ4v) is 3.39. The summed E-state index contributed by atoms with van der Waals surface area (Å²) in [7, 11) is 0. The molecule has 0 unspecified atom stereocenters. The SMILES string of the molecule is Cc1cc(C)n2nc(C(=O)OCC(=O)N3CCN(c4ccccc4)CC3)nc2n1. The number of fused-ring (bicyclic) bond motifs is 1. The number of anilines is 1. The number of nitrogens with zero attached hydrogens (tertiary/aromatic N) is 6. The molecule has 29 heavy (non-hydrogen) atoms. The van der Waals surface area contributed by atoms with Gasteiger partial charge in [0.1, 0.15) is 0 Å². The Kier molecular flexibility index (Phi) is 5.11. The molecule has 0 bridgehead atoms. The predicted molar refractivity (Wildman–Crippen MR) is 106 cm³/mol. The van der Waals surface area contributed by atoms with Crippen molar-refractivity contribution < 1.29 is 14.3 Å². The average molecular weight is 394 g/mol. The third-order valence-electron chi connectivity index (χ3n) is 4.88. The van der Waals surface area contributed by atoms with Crippen molar-refractivity contribution in [2.45, 2.75) is 13.8 Å². The van der Waals surface area contributed by atoms with Gasteiger partial charge in [-0.3, -0.25) is 4.79 Å². The molecular weight excluding hydrogens is 372 g/mol. The molecule has 150 valence electrons. The van der Waals surface area contributed by atoms with E-state index in [1.807, 2.05) is 38.1 Å². The molecule has 0 spiro atoms. The van der Waals surface area contributed by atoms with Crippen molar-refractivity contribution in [2.24, 2.45) is 0 Å². The summed E-state index contributed by atoms with van der Waals surface area (Å²) in [5.74, 6) is -0.727. The van der Waals surface area contributed by atoms with Crippen LogP contribution in [0.5, 0.6) is 0 Å². The molecule has 9 nitrogen and oxygen atoms in total. The number of amides is 1. The number of benzene rings is 1. The number of aromatic nitrogens is 4. The van der Waals surface area contributed by atoms with E-state index in [0.717, 1.165) is 30.2 Å². The number of ether oxygens (including phenoxy) is 1. The van der Waals surface area contributed by atoms with E-state index >= 15 is 0 Å². The van der Waals surface area contributed by atoms with Gasteiger partial charge in [0.25, 0.3) is 17.5 Å². The number of esters is 1. The predicted octanol–water partition coefficient (Wildman–Crippen LogP) is 1.25. The third kappa shape index (κ3) is 4.03. The molecule has 1 amide bonds. The Morgan fingerprint density at radius 2 is 1.76 bits per heavy atom. The number of para-hydroxylation sites is 1. The van der Waals surface area contributed by atoms with Gasteiger partial charge in [0.15, 0.2) is 6.61 Å². The molecule has 1 aliphatic rings. The fourth-order valence-electron chi connectivity index (χ4n) is 3.39. The molecule has 3 heterocycles. The molecule has 9 heteroatoms. The number of carbonyl (C=O) groups is 2. The van der Waals surface area contributed by atoms with E-state index in [1.54, 1.807) is 4.90 Å². The summed E-state index contributed by atoms with van der Waals surface area (Å²) in [6.45, 7) is 6.01. The molecular formula is C20H22N6O3. The summed E-state index contributed by atoms with van der Waals surface area (Å²) < 4.78 is 6.62. The van der Waals surface area contributed by atoms with E-state index in [9.17, 15) is 9.59 Å². The Bertz CT molecular complexity index is 1040. The van der Waals surface area contributed by atoms with E-state index < -0.39 is 5.97 Å². The Balaban J connectivity index is 1.32. The second-order valence-corrected chi connectivity index (χ2v) is 6.97. The number of carbonyl (C=O) groups excluding carboxylic acids is 2. The maximum absolute atomic E-state index is 12.4. The largest absolute Gasteiger partial charge is 0.450 e. The lowest BCUT2D eigenvalue weighted by Gasteiger charge is -2.36. The van der Waals surface area contributed by atoms with Crippen molar-refractivity contribution in [1.29, 1.82) is 0 Å². The van der Waals surface area contributed by atoms with Crippen LogP contribution >= 0.6 is 0 Å². The number of hydrogen-bond acceptors (Lipinski definition) is 7. The van der Waals surface area contributed by atoms with Gasteiger partial charge in [-0.15, -0.1) is 5.10 Å². The summed E-state index contributed by atoms with van der Waals surface area (Å²) in [5, 5.41) is 4.12. The van der Waals surface area contributed by atoms with Gasteiger partial charge in [-0.1, -0.05) is 18.2 Å². The first kappa shape index (κ1) is 18.9. The van der Waals surface area contributed by atoms with Crippen LogP contribution in [0.3, 0.4) is 0 Å². The summed E-state index contributed by atoms with van der Waals surface area (Å²) in [6.07, 6.45) is 0. The number of aryl methyl sites for hydroxylation is 2. The van der Waals surface area contributed by atoms with Gasteiger partial charge in [-0.2, -0.15) is 4.98 Å². The molecule has 1 saturated heterocycles. The van der Waals surface area contributed by atoms with Crippen LogP contribution in [0, 0.1) is 13.8 Å². The summed E-state index contributed by atoms with van der Waals surface area (Å²) >= 11 is 0. The highest BCUT2D eigenvalue weighted by Gasteiger charge is 2.23. The molecule has 1 aliphatic heterocycles. The minimum absolute atomic E-state index is 0.104. The molecule has 1 fully saturated rings. The van der Waals surface area contributed by atoms with Crippen LogP contribution in [-0.4, -0.2) is 69.1 Å². The van der Waals surface area contributed by atoms with Gasteiger partial charge in [-0.25, -0.2) is 14.3 Å². The normalized spacial score (nSPS) is 14.3. The van der Waals surface area contributed by atoms with Crippen LogP contribution in [0.4, 0.5) is 5.69 Å². The zero-order chi connectivity index (χ0) is 20.4. The van der Waals surface area contributed by atoms with Gasteiger partial charge in [-0.05, 0) is 32.0 Å². The number of rotatable bonds is 4. The van der Waals surface area contributed by atoms with Crippen molar-refractivity contribution >= 4 is 23.3 Å². The highest BCUT2D eigenvalue weighted by Crippen LogP contribution is 2.15. The van der Waals surface area contributed by atoms with Crippen molar-refractivity contribution in [3.8, 4) is 0 Å². The fraction of sp³-hybridized carbons (Fsp3) is 0.350. The van der Waals surface area contributed by atoms with Crippen LogP contribution in [0.15, 0.2) is 36.4 Å². The van der Waals surface area contributed by atoms with Crippen LogP contribution in [0.1, 0.15) is 22.0 Å². The lowest BCUT2D eigenvalue weighted by atomic mass is 10.2. The first-order chi connectivity index (χ1) is 14.0. The van der Waals surface area contributed by atoms with E-state index in [-0.39, 0.29) is 18.3 Å². The molecule has 0 atom stereocenters. The van der Waals surface area contributed by atoms with Gasteiger partial charge in [0.05, 0.1) is 0 Å². The average Bonchev–Trinajstić information content (AvgIpc) is 3.17. The Morgan fingerprint density at radius 1 is 1.03 bits per heavy atom. The molecule has 0 N–H and O–H groups in total. The molecule has 2 aromatic heterocycles. The monoisotopic (exact) mass is 394 g/mol. The molecule has 3 aromatic rings. The van der Waals surface area contributed by atoms with Gasteiger partial charge in [0, 0.05) is 43.3 Å². The zero-order valence-electron chi connectivity index (χ0n) is 16.4. The summed E-state index contributed by atoms with van der Waals surface area (Å²) in [5.41, 5.74) is 2.74. The first-order valence-electron chi connectivity index (χ1n) is 9.47. The zero-order valence-corrected chi connectivity index (χ0v) is 16.4. The lowest BCUT2D eigenvalue weighted by Crippen LogP contribution is -2.49. The Morgan fingerprint density at radius 3 is 2.48 bits per heavy atom. The van der Waals surface area contributed by atoms with Gasteiger partial charge >= 0.3 is 5.97 Å². The summed E-state index contributed by atoms with van der Waals surface area (Å²) in [4.78, 5) is 37.0. The molecule has 4 rings (SSSR count). The van der Waals surface area contributed by atoms with Gasteiger partial charge < -0.3 is 14.5 Å².